The topological polar surface area (TPSA) is 48.5 Å². The molecule has 7 heteroatoms. The third-order valence-electron chi connectivity index (χ3n) is 12.8. The molecule has 0 saturated carbocycles. The Balaban J connectivity index is 1.09. The second-order valence-electron chi connectivity index (χ2n) is 16.3. The zero-order valence-electron chi connectivity index (χ0n) is 34.1. The molecule has 5 aromatic heterocycles. The van der Waals surface area contributed by atoms with Crippen LogP contribution in [0.5, 0.6) is 0 Å². The quantitative estimate of drug-likeness (QED) is 0.173. The summed E-state index contributed by atoms with van der Waals surface area (Å²) in [6, 6.07) is 71.9. The first-order chi connectivity index (χ1) is 31.7. The van der Waals surface area contributed by atoms with Gasteiger partial charge in [-0.3, -0.25) is 0 Å². The molecule has 0 atom stereocenters. The Labute approximate surface area is 374 Å². The smallest absolute Gasteiger partial charge is 0.165 e. The summed E-state index contributed by atoms with van der Waals surface area (Å²) < 4.78 is 9.69. The number of hydrogen-bond donors (Lipinski definition) is 0. The molecule has 5 heterocycles. The van der Waals surface area contributed by atoms with Crippen molar-refractivity contribution in [2.24, 2.45) is 0 Å². The number of hydrogen-bond acceptors (Lipinski definition) is 5. The second kappa shape index (κ2) is 13.8. The first-order valence-electron chi connectivity index (χ1n) is 21.4. The van der Waals surface area contributed by atoms with Crippen LogP contribution in [0.2, 0.25) is 0 Å². The Morgan fingerprint density at radius 2 is 0.844 bits per heavy atom. The van der Waals surface area contributed by atoms with Crippen molar-refractivity contribution in [3.8, 4) is 45.5 Å². The van der Waals surface area contributed by atoms with E-state index in [9.17, 15) is 0 Å². The van der Waals surface area contributed by atoms with Crippen molar-refractivity contribution in [2.45, 2.75) is 0 Å². The van der Waals surface area contributed by atoms with Crippen molar-refractivity contribution in [1.29, 1.82) is 0 Å². The summed E-state index contributed by atoms with van der Waals surface area (Å²) in [6.07, 6.45) is 0. The van der Waals surface area contributed by atoms with Gasteiger partial charge < -0.3 is 9.13 Å². The van der Waals surface area contributed by atoms with E-state index in [1.165, 1.54) is 62.8 Å². The maximum atomic E-state index is 5.47. The van der Waals surface area contributed by atoms with Gasteiger partial charge in [-0.05, 0) is 66.7 Å². The number of nitrogens with zero attached hydrogens (tertiary/aromatic N) is 5. The van der Waals surface area contributed by atoms with E-state index in [0.29, 0.717) is 17.5 Å². The highest BCUT2D eigenvalue weighted by Gasteiger charge is 2.23. The summed E-state index contributed by atoms with van der Waals surface area (Å²) in [4.78, 5) is 16.1. The standard InChI is InChI=1S/C57H33N5S2/c1-2-15-34(16-3-1)55-58-56(35-29-30-52-43(31-35)41-21-8-13-28-51(41)63-52)60-57(59-55)45-33-36(61-46-23-9-4-17-37(46)38-18-5-10-24-47(38)61)32-44-42-22-14-27-50(54(42)64-53(44)45)62-48-25-11-6-19-39(48)40-20-7-12-26-49(40)62/h1-33H. The fraction of sp³-hybridized carbons (Fsp3) is 0. The normalized spacial score (nSPS) is 12.1. The van der Waals surface area contributed by atoms with Crippen molar-refractivity contribution in [3.63, 3.8) is 0 Å². The molecule has 0 spiro atoms. The van der Waals surface area contributed by atoms with Crippen molar-refractivity contribution >= 4 is 107 Å². The molecule has 0 N–H and O–H groups in total. The lowest BCUT2D eigenvalue weighted by molar-refractivity contribution is 1.08. The van der Waals surface area contributed by atoms with Crippen LogP contribution in [-0.2, 0) is 0 Å². The predicted molar refractivity (Wildman–Crippen MR) is 271 cm³/mol. The molecule has 14 aromatic rings. The van der Waals surface area contributed by atoms with E-state index in [1.54, 1.807) is 0 Å². The lowest BCUT2D eigenvalue weighted by Gasteiger charge is -2.13. The van der Waals surface area contributed by atoms with Crippen LogP contribution in [0.1, 0.15) is 0 Å². The largest absolute Gasteiger partial charge is 0.309 e. The zero-order chi connectivity index (χ0) is 41.9. The zero-order valence-corrected chi connectivity index (χ0v) is 35.7. The maximum Gasteiger partial charge on any atom is 0.165 e. The molecule has 0 aliphatic carbocycles. The van der Waals surface area contributed by atoms with Crippen molar-refractivity contribution in [1.82, 2.24) is 24.1 Å². The van der Waals surface area contributed by atoms with E-state index >= 15 is 0 Å². The molecule has 64 heavy (non-hydrogen) atoms. The monoisotopic (exact) mass is 851 g/mol. The Morgan fingerprint density at radius 1 is 0.312 bits per heavy atom. The molecule has 0 amide bonds. The van der Waals surface area contributed by atoms with Gasteiger partial charge in [-0.15, -0.1) is 22.7 Å². The lowest BCUT2D eigenvalue weighted by Crippen LogP contribution is -2.01. The highest BCUT2D eigenvalue weighted by molar-refractivity contribution is 7.27. The van der Waals surface area contributed by atoms with Gasteiger partial charge in [0.2, 0.25) is 0 Å². The van der Waals surface area contributed by atoms with E-state index in [0.717, 1.165) is 49.2 Å². The first-order valence-corrected chi connectivity index (χ1v) is 23.1. The van der Waals surface area contributed by atoms with Crippen molar-refractivity contribution in [2.75, 3.05) is 0 Å². The lowest BCUT2D eigenvalue weighted by atomic mass is 10.1. The minimum atomic E-state index is 0.636. The number of fused-ring (bicyclic) bond motifs is 12. The van der Waals surface area contributed by atoms with Crippen LogP contribution in [0.25, 0.3) is 129 Å². The third-order valence-corrected chi connectivity index (χ3v) is 15.2. The molecule has 0 radical (unpaired) electrons. The van der Waals surface area contributed by atoms with Gasteiger partial charge in [0.05, 0.1) is 32.5 Å². The average molecular weight is 852 g/mol. The number of para-hydroxylation sites is 4. The summed E-state index contributed by atoms with van der Waals surface area (Å²) in [5, 5.41) is 9.71. The molecule has 0 saturated heterocycles. The molecular formula is C57H33N5S2. The van der Waals surface area contributed by atoms with E-state index < -0.39 is 0 Å². The van der Waals surface area contributed by atoms with Gasteiger partial charge >= 0.3 is 0 Å². The Kier molecular flexibility index (Phi) is 7.66. The van der Waals surface area contributed by atoms with Crippen molar-refractivity contribution in [3.05, 3.63) is 200 Å². The molecule has 0 aliphatic rings. The minimum absolute atomic E-state index is 0.636. The Morgan fingerprint density at radius 3 is 1.52 bits per heavy atom. The van der Waals surface area contributed by atoms with Gasteiger partial charge in [0, 0.05) is 79.6 Å². The maximum absolute atomic E-state index is 5.47. The molecule has 5 nitrogen and oxygen atoms in total. The number of benzene rings is 9. The van der Waals surface area contributed by atoms with Crippen LogP contribution in [-0.4, -0.2) is 24.1 Å². The molecule has 0 aliphatic heterocycles. The van der Waals surface area contributed by atoms with E-state index in [1.807, 2.05) is 40.9 Å². The highest BCUT2D eigenvalue weighted by atomic mass is 32.1. The van der Waals surface area contributed by atoms with Gasteiger partial charge in [-0.2, -0.15) is 0 Å². The van der Waals surface area contributed by atoms with Gasteiger partial charge in [0.1, 0.15) is 0 Å². The van der Waals surface area contributed by atoms with Crippen LogP contribution in [0.15, 0.2) is 200 Å². The molecule has 9 aromatic carbocycles. The van der Waals surface area contributed by atoms with Crippen LogP contribution in [0, 0.1) is 0 Å². The summed E-state index contributed by atoms with van der Waals surface area (Å²) in [5.74, 6) is 1.92. The van der Waals surface area contributed by atoms with Gasteiger partial charge in [-0.25, -0.2) is 15.0 Å². The summed E-state index contributed by atoms with van der Waals surface area (Å²) >= 11 is 3.63. The van der Waals surface area contributed by atoms with Crippen LogP contribution in [0.4, 0.5) is 0 Å². The highest BCUT2D eigenvalue weighted by Crippen LogP contribution is 2.46. The molecular weight excluding hydrogens is 819 g/mol. The number of thiophene rings is 2. The third kappa shape index (κ3) is 5.26. The van der Waals surface area contributed by atoms with Crippen LogP contribution >= 0.6 is 22.7 Å². The Hall–Kier alpha value is -7.97. The van der Waals surface area contributed by atoms with E-state index in [2.05, 4.69) is 191 Å². The number of aromatic nitrogens is 5. The SMILES string of the molecule is c1ccc(-c2nc(-c3ccc4sc5ccccc5c4c3)nc(-c3cc(-n4c5ccccc5c5ccccc54)cc4c3sc3c(-n5c6ccccc6c6ccccc65)cccc34)n2)cc1. The Bertz CT molecular complexity index is 4100. The van der Waals surface area contributed by atoms with Gasteiger partial charge in [0.15, 0.2) is 17.5 Å². The summed E-state index contributed by atoms with van der Waals surface area (Å²) in [5.41, 5.74) is 9.73. The van der Waals surface area contributed by atoms with E-state index in [-0.39, 0.29) is 0 Å². The number of rotatable bonds is 5. The van der Waals surface area contributed by atoms with Crippen LogP contribution < -0.4 is 0 Å². The average Bonchev–Trinajstić information content (AvgIpc) is 4.12. The molecule has 14 rings (SSSR count). The molecule has 0 unspecified atom stereocenters. The fourth-order valence-electron chi connectivity index (χ4n) is 9.93. The van der Waals surface area contributed by atoms with Gasteiger partial charge in [-0.1, -0.05) is 133 Å². The van der Waals surface area contributed by atoms with Crippen LogP contribution in [0.3, 0.4) is 0 Å². The summed E-state index contributed by atoms with van der Waals surface area (Å²) in [7, 11) is 0. The summed E-state index contributed by atoms with van der Waals surface area (Å²) in [6.45, 7) is 0. The first kappa shape index (κ1) is 35.6. The molecule has 298 valence electrons. The van der Waals surface area contributed by atoms with E-state index in [4.69, 9.17) is 15.0 Å². The fourth-order valence-corrected chi connectivity index (χ4v) is 12.3. The van der Waals surface area contributed by atoms with Crippen molar-refractivity contribution < 1.29 is 0 Å². The minimum Gasteiger partial charge on any atom is -0.309 e. The van der Waals surface area contributed by atoms with Gasteiger partial charge in [0.25, 0.3) is 0 Å². The predicted octanol–water partition coefficient (Wildman–Crippen LogP) is 15.8. The second-order valence-corrected chi connectivity index (χ2v) is 18.5. The molecule has 0 bridgehead atoms. The molecule has 0 fully saturated rings.